The smallest absolute Gasteiger partial charge is 0.0642 e. The number of benzene rings is 1. The van der Waals surface area contributed by atoms with E-state index in [2.05, 4.69) is 44.7 Å². The van der Waals surface area contributed by atoms with E-state index in [-0.39, 0.29) is 0 Å². The van der Waals surface area contributed by atoms with Gasteiger partial charge in [0.05, 0.1) is 13.2 Å². The van der Waals surface area contributed by atoms with Crippen LogP contribution in [0.3, 0.4) is 0 Å². The normalized spacial score (nSPS) is 16.6. The lowest BCUT2D eigenvalue weighted by Gasteiger charge is -2.31. The van der Waals surface area contributed by atoms with Crippen LogP contribution < -0.4 is 4.90 Å². The molecule has 1 saturated heterocycles. The van der Waals surface area contributed by atoms with E-state index in [0.29, 0.717) is 5.92 Å². The molecule has 0 amide bonds. The predicted octanol–water partition coefficient (Wildman–Crippen LogP) is 3.26. The lowest BCUT2D eigenvalue weighted by molar-refractivity contribution is 0.122. The van der Waals surface area contributed by atoms with E-state index in [9.17, 15) is 0 Å². The van der Waals surface area contributed by atoms with Gasteiger partial charge in [-0.05, 0) is 42.5 Å². The first kappa shape index (κ1) is 12.4. The van der Waals surface area contributed by atoms with Crippen LogP contribution in [0.5, 0.6) is 0 Å². The molecule has 0 spiro atoms. The molecule has 2 rings (SSSR count). The molecule has 0 N–H and O–H groups in total. The van der Waals surface area contributed by atoms with Gasteiger partial charge in [-0.15, -0.1) is 0 Å². The Balaban J connectivity index is 2.32. The van der Waals surface area contributed by atoms with Crippen LogP contribution in [0, 0.1) is 13.8 Å². The van der Waals surface area contributed by atoms with Crippen molar-refractivity contribution in [1.29, 1.82) is 0 Å². The summed E-state index contributed by atoms with van der Waals surface area (Å²) in [4.78, 5) is 2.44. The molecule has 17 heavy (non-hydrogen) atoms. The SMILES string of the molecule is Cc1cc(N2CCOCC2)c(C)cc1C(C)C. The first-order valence-corrected chi connectivity index (χ1v) is 6.53. The molecule has 1 aliphatic heterocycles. The van der Waals surface area contributed by atoms with Crippen LogP contribution in [-0.2, 0) is 4.74 Å². The Labute approximate surface area is 105 Å². The maximum atomic E-state index is 5.41. The van der Waals surface area contributed by atoms with Crippen LogP contribution in [0.1, 0.15) is 36.5 Å². The minimum Gasteiger partial charge on any atom is -0.378 e. The quantitative estimate of drug-likeness (QED) is 0.777. The van der Waals surface area contributed by atoms with Gasteiger partial charge in [0.2, 0.25) is 0 Å². The van der Waals surface area contributed by atoms with Gasteiger partial charge in [-0.2, -0.15) is 0 Å². The van der Waals surface area contributed by atoms with Crippen LogP contribution in [0.15, 0.2) is 12.1 Å². The van der Waals surface area contributed by atoms with Gasteiger partial charge in [0, 0.05) is 18.8 Å². The van der Waals surface area contributed by atoms with Gasteiger partial charge >= 0.3 is 0 Å². The van der Waals surface area contributed by atoms with Gasteiger partial charge in [0.15, 0.2) is 0 Å². The third-order valence-electron chi connectivity index (χ3n) is 3.56. The number of anilines is 1. The van der Waals surface area contributed by atoms with E-state index < -0.39 is 0 Å². The monoisotopic (exact) mass is 233 g/mol. The summed E-state index contributed by atoms with van der Waals surface area (Å²) < 4.78 is 5.41. The van der Waals surface area contributed by atoms with Crippen molar-refractivity contribution in [3.63, 3.8) is 0 Å². The second-order valence-electron chi connectivity index (χ2n) is 5.25. The average Bonchev–Trinajstić information content (AvgIpc) is 2.32. The third kappa shape index (κ3) is 2.63. The van der Waals surface area contributed by atoms with Crippen LogP contribution in [0.4, 0.5) is 5.69 Å². The minimum absolute atomic E-state index is 0.604. The predicted molar refractivity (Wildman–Crippen MR) is 73.0 cm³/mol. The Hall–Kier alpha value is -1.02. The number of aryl methyl sites for hydroxylation is 2. The number of rotatable bonds is 2. The summed E-state index contributed by atoms with van der Waals surface area (Å²) in [5, 5.41) is 0. The van der Waals surface area contributed by atoms with Crippen LogP contribution >= 0.6 is 0 Å². The molecule has 0 unspecified atom stereocenters. The molecule has 1 aromatic rings. The first-order chi connectivity index (χ1) is 8.09. The fourth-order valence-corrected chi connectivity index (χ4v) is 2.59. The summed E-state index contributed by atoms with van der Waals surface area (Å²) >= 11 is 0. The fourth-order valence-electron chi connectivity index (χ4n) is 2.59. The molecular formula is C15H23NO. The molecule has 0 bridgehead atoms. The summed E-state index contributed by atoms with van der Waals surface area (Å²) in [5.41, 5.74) is 5.66. The van der Waals surface area contributed by atoms with Gasteiger partial charge in [-0.3, -0.25) is 0 Å². The fraction of sp³-hybridized carbons (Fsp3) is 0.600. The van der Waals surface area contributed by atoms with E-state index in [1.807, 2.05) is 0 Å². The number of morpholine rings is 1. The number of hydrogen-bond acceptors (Lipinski definition) is 2. The van der Waals surface area contributed by atoms with Crippen molar-refractivity contribution < 1.29 is 4.74 Å². The van der Waals surface area contributed by atoms with Crippen LogP contribution in [-0.4, -0.2) is 26.3 Å². The second-order valence-corrected chi connectivity index (χ2v) is 5.25. The van der Waals surface area contributed by atoms with Crippen molar-refractivity contribution in [2.24, 2.45) is 0 Å². The molecule has 0 aliphatic carbocycles. The average molecular weight is 233 g/mol. The molecule has 1 heterocycles. The molecule has 0 atom stereocenters. The number of nitrogens with zero attached hydrogens (tertiary/aromatic N) is 1. The topological polar surface area (TPSA) is 12.5 Å². The van der Waals surface area contributed by atoms with Crippen molar-refractivity contribution in [1.82, 2.24) is 0 Å². The van der Waals surface area contributed by atoms with Gasteiger partial charge < -0.3 is 9.64 Å². The first-order valence-electron chi connectivity index (χ1n) is 6.53. The highest BCUT2D eigenvalue weighted by molar-refractivity contribution is 5.57. The lowest BCUT2D eigenvalue weighted by Crippen LogP contribution is -2.36. The highest BCUT2D eigenvalue weighted by Gasteiger charge is 2.15. The van der Waals surface area contributed by atoms with E-state index >= 15 is 0 Å². The van der Waals surface area contributed by atoms with E-state index in [0.717, 1.165) is 26.3 Å². The zero-order valence-electron chi connectivity index (χ0n) is 11.4. The van der Waals surface area contributed by atoms with Gasteiger partial charge in [-0.1, -0.05) is 19.9 Å². The van der Waals surface area contributed by atoms with Crippen molar-refractivity contribution in [3.8, 4) is 0 Å². The van der Waals surface area contributed by atoms with E-state index in [4.69, 9.17) is 4.74 Å². The van der Waals surface area contributed by atoms with E-state index in [1.165, 1.54) is 22.4 Å². The Kier molecular flexibility index (Phi) is 3.72. The molecule has 1 fully saturated rings. The molecule has 0 aromatic heterocycles. The molecule has 1 aromatic carbocycles. The summed E-state index contributed by atoms with van der Waals surface area (Å²) in [6.07, 6.45) is 0. The zero-order chi connectivity index (χ0) is 12.4. The van der Waals surface area contributed by atoms with Gasteiger partial charge in [0.25, 0.3) is 0 Å². The van der Waals surface area contributed by atoms with Crippen molar-refractivity contribution in [3.05, 3.63) is 28.8 Å². The lowest BCUT2D eigenvalue weighted by atomic mass is 9.94. The molecule has 2 heteroatoms. The highest BCUT2D eigenvalue weighted by Crippen LogP contribution is 2.28. The van der Waals surface area contributed by atoms with Gasteiger partial charge in [0.1, 0.15) is 0 Å². The maximum absolute atomic E-state index is 5.41. The minimum atomic E-state index is 0.604. The van der Waals surface area contributed by atoms with Gasteiger partial charge in [-0.25, -0.2) is 0 Å². The van der Waals surface area contributed by atoms with Crippen molar-refractivity contribution in [2.45, 2.75) is 33.6 Å². The number of ether oxygens (including phenoxy) is 1. The summed E-state index contributed by atoms with van der Waals surface area (Å²) in [6, 6.07) is 4.70. The largest absolute Gasteiger partial charge is 0.378 e. The van der Waals surface area contributed by atoms with Crippen LogP contribution in [0.25, 0.3) is 0 Å². The summed E-state index contributed by atoms with van der Waals surface area (Å²) in [7, 11) is 0. The number of hydrogen-bond donors (Lipinski definition) is 0. The highest BCUT2D eigenvalue weighted by atomic mass is 16.5. The van der Waals surface area contributed by atoms with Crippen molar-refractivity contribution >= 4 is 5.69 Å². The standard InChI is InChI=1S/C15H23NO/c1-11(2)14-9-13(4)15(10-12(14)3)16-5-7-17-8-6-16/h9-11H,5-8H2,1-4H3. The molecule has 94 valence electrons. The van der Waals surface area contributed by atoms with Crippen LogP contribution in [0.2, 0.25) is 0 Å². The molecule has 0 saturated carbocycles. The Morgan fingerprint density at radius 2 is 1.71 bits per heavy atom. The van der Waals surface area contributed by atoms with E-state index in [1.54, 1.807) is 0 Å². The Morgan fingerprint density at radius 1 is 1.06 bits per heavy atom. The Morgan fingerprint density at radius 3 is 2.29 bits per heavy atom. The summed E-state index contributed by atoms with van der Waals surface area (Å²) in [6.45, 7) is 12.7. The molecule has 1 aliphatic rings. The summed E-state index contributed by atoms with van der Waals surface area (Å²) in [5.74, 6) is 0.604. The maximum Gasteiger partial charge on any atom is 0.0642 e. The Bertz CT molecular complexity index is 392. The second kappa shape index (κ2) is 5.09. The zero-order valence-corrected chi connectivity index (χ0v) is 11.4. The van der Waals surface area contributed by atoms with Crippen molar-refractivity contribution in [2.75, 3.05) is 31.2 Å². The third-order valence-corrected chi connectivity index (χ3v) is 3.56. The molecule has 2 nitrogen and oxygen atoms in total. The molecular weight excluding hydrogens is 210 g/mol. The molecule has 0 radical (unpaired) electrons.